The Balaban J connectivity index is 2.92. The Kier molecular flexibility index (Phi) is 17.0. The van der Waals surface area contributed by atoms with Gasteiger partial charge in [0.25, 0.3) is 0 Å². The maximum Gasteiger partial charge on any atom is 0.0465 e. The summed E-state index contributed by atoms with van der Waals surface area (Å²) in [5.74, 6) is 0.892. The van der Waals surface area contributed by atoms with Crippen molar-refractivity contribution in [1.82, 2.24) is 0 Å². The van der Waals surface area contributed by atoms with Gasteiger partial charge in [0.05, 0.1) is 0 Å². The fourth-order valence-corrected chi connectivity index (χ4v) is 2.67. The Morgan fingerprint density at radius 3 is 1.40 bits per heavy atom. The van der Waals surface area contributed by atoms with Gasteiger partial charge in [-0.3, -0.25) is 0 Å². The summed E-state index contributed by atoms with van der Waals surface area (Å²) < 4.78 is 5.35. The van der Waals surface area contributed by atoms with Gasteiger partial charge in [0.1, 0.15) is 0 Å². The fourth-order valence-electron chi connectivity index (χ4n) is 2.67. The van der Waals surface area contributed by atoms with E-state index in [-0.39, 0.29) is 0 Å². The van der Waals surface area contributed by atoms with Crippen LogP contribution in [-0.2, 0) is 4.74 Å². The third kappa shape index (κ3) is 18.0. The molecule has 0 aliphatic carbocycles. The van der Waals surface area contributed by atoms with E-state index in [1.807, 2.05) is 0 Å². The molecule has 0 bridgehead atoms. The smallest absolute Gasteiger partial charge is 0.0465 e. The highest BCUT2D eigenvalue weighted by Crippen LogP contribution is 2.14. The Morgan fingerprint density at radius 1 is 0.600 bits per heavy atom. The van der Waals surface area contributed by atoms with E-state index in [0.29, 0.717) is 0 Å². The van der Waals surface area contributed by atoms with Gasteiger partial charge in [0, 0.05) is 13.2 Å². The van der Waals surface area contributed by atoms with E-state index < -0.39 is 0 Å². The molecule has 122 valence electrons. The third-order valence-corrected chi connectivity index (χ3v) is 4.02. The first-order valence-electron chi connectivity index (χ1n) is 9.35. The molecule has 0 unspecified atom stereocenters. The average molecular weight is 285 g/mol. The van der Waals surface area contributed by atoms with E-state index in [9.17, 15) is 0 Å². The summed E-state index contributed by atoms with van der Waals surface area (Å²) >= 11 is 0. The van der Waals surface area contributed by atoms with Gasteiger partial charge in [-0.05, 0) is 19.3 Å². The Bertz CT molecular complexity index is 165. The normalized spacial score (nSPS) is 11.4. The van der Waals surface area contributed by atoms with Gasteiger partial charge in [0.2, 0.25) is 0 Å². The fraction of sp³-hybridized carbons (Fsp3) is 1.00. The molecule has 0 rings (SSSR count). The van der Waals surface area contributed by atoms with Crippen molar-refractivity contribution < 1.29 is 4.74 Å². The van der Waals surface area contributed by atoms with E-state index in [4.69, 9.17) is 4.74 Å². The van der Waals surface area contributed by atoms with Crippen LogP contribution in [0, 0.1) is 5.92 Å². The summed E-state index contributed by atoms with van der Waals surface area (Å²) in [6.45, 7) is 8.57. The molecule has 0 aliphatic heterocycles. The van der Waals surface area contributed by atoms with E-state index >= 15 is 0 Å². The van der Waals surface area contributed by atoms with Crippen molar-refractivity contribution in [3.63, 3.8) is 0 Å². The van der Waals surface area contributed by atoms with Crippen molar-refractivity contribution in [3.8, 4) is 0 Å². The highest BCUT2D eigenvalue weighted by atomic mass is 16.5. The first-order chi connectivity index (χ1) is 9.77. The standard InChI is InChI=1S/C19H40O/c1-4-20-18-16-14-12-10-8-6-5-7-9-11-13-15-17-19(2)3/h19H,4-18H2,1-3H3. The van der Waals surface area contributed by atoms with E-state index in [1.54, 1.807) is 0 Å². The predicted octanol–water partition coefficient (Wildman–Crippen LogP) is 6.75. The van der Waals surface area contributed by atoms with Crippen molar-refractivity contribution in [2.75, 3.05) is 13.2 Å². The zero-order valence-corrected chi connectivity index (χ0v) is 14.6. The number of ether oxygens (including phenoxy) is 1. The summed E-state index contributed by atoms with van der Waals surface area (Å²) in [7, 11) is 0. The van der Waals surface area contributed by atoms with Crippen LogP contribution >= 0.6 is 0 Å². The quantitative estimate of drug-likeness (QED) is 0.285. The van der Waals surface area contributed by atoms with Gasteiger partial charge in [-0.15, -0.1) is 0 Å². The second-order valence-electron chi connectivity index (χ2n) is 6.62. The summed E-state index contributed by atoms with van der Waals surface area (Å²) in [6.07, 6.45) is 18.5. The van der Waals surface area contributed by atoms with Crippen LogP contribution in [0.1, 0.15) is 104 Å². The molecule has 0 atom stereocenters. The lowest BCUT2D eigenvalue weighted by Crippen LogP contribution is -1.92. The Labute approximate surface area is 128 Å². The van der Waals surface area contributed by atoms with Gasteiger partial charge in [-0.2, -0.15) is 0 Å². The molecule has 0 saturated carbocycles. The average Bonchev–Trinajstić information content (AvgIpc) is 2.43. The molecule has 0 radical (unpaired) electrons. The zero-order valence-electron chi connectivity index (χ0n) is 14.6. The highest BCUT2D eigenvalue weighted by Gasteiger charge is 1.95. The zero-order chi connectivity index (χ0) is 14.9. The van der Waals surface area contributed by atoms with Crippen molar-refractivity contribution in [2.45, 2.75) is 104 Å². The molecule has 0 aliphatic rings. The maximum absolute atomic E-state index is 5.35. The molecule has 20 heavy (non-hydrogen) atoms. The van der Waals surface area contributed by atoms with Crippen LogP contribution < -0.4 is 0 Å². The highest BCUT2D eigenvalue weighted by molar-refractivity contribution is 4.50. The van der Waals surface area contributed by atoms with E-state index in [0.717, 1.165) is 19.1 Å². The van der Waals surface area contributed by atoms with Crippen LogP contribution in [0.2, 0.25) is 0 Å². The SMILES string of the molecule is CCOCCCCCCCCCCCCCCC(C)C. The molecule has 0 aromatic heterocycles. The summed E-state index contributed by atoms with van der Waals surface area (Å²) in [6, 6.07) is 0. The molecule has 0 amide bonds. The molecule has 0 aromatic rings. The molecular weight excluding hydrogens is 244 g/mol. The van der Waals surface area contributed by atoms with Crippen LogP contribution in [0.15, 0.2) is 0 Å². The van der Waals surface area contributed by atoms with E-state index in [1.165, 1.54) is 83.5 Å². The van der Waals surface area contributed by atoms with Crippen molar-refractivity contribution >= 4 is 0 Å². The molecule has 0 heterocycles. The van der Waals surface area contributed by atoms with Crippen LogP contribution in [0.4, 0.5) is 0 Å². The minimum absolute atomic E-state index is 0.872. The number of hydrogen-bond donors (Lipinski definition) is 0. The predicted molar refractivity (Wildman–Crippen MR) is 91.4 cm³/mol. The van der Waals surface area contributed by atoms with Crippen LogP contribution in [0.25, 0.3) is 0 Å². The van der Waals surface area contributed by atoms with Crippen LogP contribution in [0.3, 0.4) is 0 Å². The van der Waals surface area contributed by atoms with Gasteiger partial charge < -0.3 is 4.74 Å². The molecule has 1 heteroatoms. The number of rotatable bonds is 16. The van der Waals surface area contributed by atoms with Crippen molar-refractivity contribution in [3.05, 3.63) is 0 Å². The Morgan fingerprint density at radius 2 is 1.00 bits per heavy atom. The van der Waals surface area contributed by atoms with Gasteiger partial charge in [-0.1, -0.05) is 90.9 Å². The minimum atomic E-state index is 0.872. The third-order valence-electron chi connectivity index (χ3n) is 4.02. The van der Waals surface area contributed by atoms with E-state index in [2.05, 4.69) is 20.8 Å². The molecule has 0 N–H and O–H groups in total. The largest absolute Gasteiger partial charge is 0.382 e. The topological polar surface area (TPSA) is 9.23 Å². The molecule has 0 saturated heterocycles. The molecule has 1 nitrogen and oxygen atoms in total. The summed E-state index contributed by atoms with van der Waals surface area (Å²) in [4.78, 5) is 0. The van der Waals surface area contributed by atoms with Crippen molar-refractivity contribution in [1.29, 1.82) is 0 Å². The molecular formula is C19H40O. The number of unbranched alkanes of at least 4 members (excludes halogenated alkanes) is 11. The maximum atomic E-state index is 5.35. The van der Waals surface area contributed by atoms with Crippen LogP contribution in [0.5, 0.6) is 0 Å². The van der Waals surface area contributed by atoms with Gasteiger partial charge >= 0.3 is 0 Å². The second-order valence-corrected chi connectivity index (χ2v) is 6.62. The second kappa shape index (κ2) is 17.0. The summed E-state index contributed by atoms with van der Waals surface area (Å²) in [5, 5.41) is 0. The van der Waals surface area contributed by atoms with Crippen molar-refractivity contribution in [2.24, 2.45) is 5.92 Å². The lowest BCUT2D eigenvalue weighted by molar-refractivity contribution is 0.143. The molecule has 0 fully saturated rings. The molecule has 0 aromatic carbocycles. The first-order valence-corrected chi connectivity index (χ1v) is 9.35. The van der Waals surface area contributed by atoms with Gasteiger partial charge in [-0.25, -0.2) is 0 Å². The van der Waals surface area contributed by atoms with Gasteiger partial charge in [0.15, 0.2) is 0 Å². The first kappa shape index (κ1) is 20.0. The number of hydrogen-bond acceptors (Lipinski definition) is 1. The lowest BCUT2D eigenvalue weighted by atomic mass is 10.0. The molecule has 0 spiro atoms. The monoisotopic (exact) mass is 284 g/mol. The van der Waals surface area contributed by atoms with Crippen LogP contribution in [-0.4, -0.2) is 13.2 Å². The Hall–Kier alpha value is -0.0400. The minimum Gasteiger partial charge on any atom is -0.382 e. The lowest BCUT2D eigenvalue weighted by Gasteiger charge is -2.05. The summed E-state index contributed by atoms with van der Waals surface area (Å²) in [5.41, 5.74) is 0.